The van der Waals surface area contributed by atoms with Crippen LogP contribution in [-0.4, -0.2) is 20.4 Å². The Labute approximate surface area is 187 Å². The molecule has 1 aromatic carbocycles. The van der Waals surface area contributed by atoms with Gasteiger partial charge in [0.25, 0.3) is 11.5 Å². The summed E-state index contributed by atoms with van der Waals surface area (Å²) in [7, 11) is 0. The van der Waals surface area contributed by atoms with Gasteiger partial charge in [0.05, 0.1) is 0 Å². The summed E-state index contributed by atoms with van der Waals surface area (Å²) in [5.74, 6) is -0.210. The lowest BCUT2D eigenvalue weighted by atomic mass is 10.00. The Morgan fingerprint density at radius 3 is 2.53 bits per heavy atom. The summed E-state index contributed by atoms with van der Waals surface area (Å²) in [6, 6.07) is 12.1. The number of nitrogens with one attached hydrogen (secondary N) is 2. The van der Waals surface area contributed by atoms with E-state index in [1.54, 1.807) is 0 Å². The second-order valence-corrected chi connectivity index (χ2v) is 8.59. The van der Waals surface area contributed by atoms with Crippen LogP contribution in [0.5, 0.6) is 0 Å². The fourth-order valence-electron chi connectivity index (χ4n) is 4.07. The summed E-state index contributed by atoms with van der Waals surface area (Å²) in [4.78, 5) is 32.9. The molecule has 0 bridgehead atoms. The van der Waals surface area contributed by atoms with E-state index >= 15 is 0 Å². The van der Waals surface area contributed by atoms with Crippen molar-refractivity contribution < 1.29 is 4.79 Å². The van der Waals surface area contributed by atoms with Crippen LogP contribution in [0.4, 0.5) is 0 Å². The number of hydrogen-bond donors (Lipinski definition) is 2. The van der Waals surface area contributed by atoms with Gasteiger partial charge in [0.2, 0.25) is 0 Å². The first-order valence-electron chi connectivity index (χ1n) is 10.8. The van der Waals surface area contributed by atoms with Gasteiger partial charge in [0.15, 0.2) is 0 Å². The van der Waals surface area contributed by atoms with E-state index in [2.05, 4.69) is 39.8 Å². The van der Waals surface area contributed by atoms with Gasteiger partial charge in [0.1, 0.15) is 0 Å². The first kappa shape index (κ1) is 21.6. The van der Waals surface area contributed by atoms with Crippen LogP contribution in [0.15, 0.2) is 53.6 Å². The van der Waals surface area contributed by atoms with Crippen LogP contribution in [-0.2, 0) is 6.54 Å². The second-order valence-electron chi connectivity index (χ2n) is 8.59. The lowest BCUT2D eigenvalue weighted by Crippen LogP contribution is -2.28. The summed E-state index contributed by atoms with van der Waals surface area (Å²) in [5.41, 5.74) is 6.47. The SMILES string of the molecule is Cc1ccc(-c2cc(C(=O)NCc3c(C)cc(C)[nH]c3=O)c3ccn(C(C)C)c3c2)cn1. The predicted molar refractivity (Wildman–Crippen MR) is 128 cm³/mol. The Kier molecular flexibility index (Phi) is 5.70. The number of carbonyl (C=O) groups excluding carboxylic acids is 1. The van der Waals surface area contributed by atoms with Gasteiger partial charge in [-0.25, -0.2) is 0 Å². The highest BCUT2D eigenvalue weighted by Crippen LogP contribution is 2.30. The molecular weight excluding hydrogens is 400 g/mol. The summed E-state index contributed by atoms with van der Waals surface area (Å²) in [6.07, 6.45) is 3.84. The van der Waals surface area contributed by atoms with Gasteiger partial charge < -0.3 is 14.9 Å². The third-order valence-corrected chi connectivity index (χ3v) is 5.80. The van der Waals surface area contributed by atoms with Crippen molar-refractivity contribution in [2.24, 2.45) is 0 Å². The number of fused-ring (bicyclic) bond motifs is 1. The largest absolute Gasteiger partial charge is 0.348 e. The molecule has 164 valence electrons. The molecule has 0 aliphatic heterocycles. The number of aromatic amines is 1. The van der Waals surface area contributed by atoms with Crippen LogP contribution in [0.25, 0.3) is 22.0 Å². The zero-order valence-corrected chi connectivity index (χ0v) is 19.1. The molecule has 32 heavy (non-hydrogen) atoms. The quantitative estimate of drug-likeness (QED) is 0.478. The number of aromatic nitrogens is 3. The Morgan fingerprint density at radius 2 is 1.88 bits per heavy atom. The highest BCUT2D eigenvalue weighted by Gasteiger charge is 2.17. The number of amides is 1. The van der Waals surface area contributed by atoms with Gasteiger partial charge in [0, 0.05) is 64.0 Å². The van der Waals surface area contributed by atoms with Crippen molar-refractivity contribution in [3.8, 4) is 11.1 Å². The maximum Gasteiger partial charge on any atom is 0.253 e. The predicted octanol–water partition coefficient (Wildman–Crippen LogP) is 4.83. The number of nitrogens with zero attached hydrogens (tertiary/aromatic N) is 2. The number of pyridine rings is 2. The van der Waals surface area contributed by atoms with Gasteiger partial charge in [-0.15, -0.1) is 0 Å². The average Bonchev–Trinajstić information content (AvgIpc) is 3.17. The molecule has 0 fully saturated rings. The highest BCUT2D eigenvalue weighted by molar-refractivity contribution is 6.08. The minimum absolute atomic E-state index is 0.168. The molecule has 3 aromatic heterocycles. The molecule has 4 aromatic rings. The van der Waals surface area contributed by atoms with Crippen molar-refractivity contribution in [3.63, 3.8) is 0 Å². The first-order valence-corrected chi connectivity index (χ1v) is 10.8. The molecule has 0 saturated carbocycles. The smallest absolute Gasteiger partial charge is 0.253 e. The lowest BCUT2D eigenvalue weighted by molar-refractivity contribution is 0.0952. The number of H-pyrrole nitrogens is 1. The molecule has 0 saturated heterocycles. The van der Waals surface area contributed by atoms with Crippen LogP contribution in [0, 0.1) is 20.8 Å². The van der Waals surface area contributed by atoms with Crippen LogP contribution < -0.4 is 10.9 Å². The van der Waals surface area contributed by atoms with Crippen molar-refractivity contribution in [1.82, 2.24) is 19.9 Å². The van der Waals surface area contributed by atoms with Crippen molar-refractivity contribution in [2.45, 2.75) is 47.2 Å². The number of hydrogen-bond acceptors (Lipinski definition) is 3. The van der Waals surface area contributed by atoms with Crippen LogP contribution >= 0.6 is 0 Å². The zero-order chi connectivity index (χ0) is 23.0. The molecule has 0 unspecified atom stereocenters. The zero-order valence-electron chi connectivity index (χ0n) is 19.1. The molecular formula is C26H28N4O2. The summed E-state index contributed by atoms with van der Waals surface area (Å²) in [6.45, 7) is 10.1. The van der Waals surface area contributed by atoms with Crippen LogP contribution in [0.2, 0.25) is 0 Å². The highest BCUT2D eigenvalue weighted by atomic mass is 16.1. The third kappa shape index (κ3) is 4.08. The molecule has 1 amide bonds. The molecule has 0 atom stereocenters. The maximum absolute atomic E-state index is 13.3. The van der Waals surface area contributed by atoms with E-state index in [9.17, 15) is 9.59 Å². The average molecular weight is 429 g/mol. The molecule has 4 rings (SSSR count). The summed E-state index contributed by atoms with van der Waals surface area (Å²) < 4.78 is 2.16. The number of aryl methyl sites for hydroxylation is 3. The Bertz CT molecular complexity index is 1360. The van der Waals surface area contributed by atoms with Gasteiger partial charge >= 0.3 is 0 Å². The molecule has 0 aliphatic carbocycles. The molecule has 3 heterocycles. The topological polar surface area (TPSA) is 79.8 Å². The number of benzene rings is 1. The van der Waals surface area contributed by atoms with E-state index in [-0.39, 0.29) is 24.1 Å². The van der Waals surface area contributed by atoms with E-state index in [1.165, 1.54) is 0 Å². The number of rotatable bonds is 5. The van der Waals surface area contributed by atoms with Crippen molar-refractivity contribution in [1.29, 1.82) is 0 Å². The van der Waals surface area contributed by atoms with E-state index in [1.807, 2.05) is 63.5 Å². The minimum atomic E-state index is -0.210. The molecule has 0 radical (unpaired) electrons. The van der Waals surface area contributed by atoms with E-state index < -0.39 is 0 Å². The van der Waals surface area contributed by atoms with Gasteiger partial charge in [-0.05, 0) is 76.1 Å². The van der Waals surface area contributed by atoms with E-state index in [4.69, 9.17) is 0 Å². The molecule has 0 aliphatic rings. The Hall–Kier alpha value is -3.67. The normalized spacial score (nSPS) is 11.3. The van der Waals surface area contributed by atoms with Crippen molar-refractivity contribution >= 4 is 16.8 Å². The number of carbonyl (C=O) groups is 1. The Balaban J connectivity index is 1.76. The molecule has 6 nitrogen and oxygen atoms in total. The molecule has 0 spiro atoms. The molecule has 2 N–H and O–H groups in total. The van der Waals surface area contributed by atoms with Gasteiger partial charge in [-0.1, -0.05) is 6.07 Å². The third-order valence-electron chi connectivity index (χ3n) is 5.80. The van der Waals surface area contributed by atoms with Gasteiger partial charge in [-0.2, -0.15) is 0 Å². The standard InChI is InChI=1S/C26H28N4O2/c1-15(2)30-9-8-21-22(11-20(12-24(21)30)19-7-6-17(4)27-13-19)25(31)28-14-23-16(3)10-18(5)29-26(23)32/h6-13,15H,14H2,1-5H3,(H,28,31)(H,29,32). The maximum atomic E-state index is 13.3. The first-order chi connectivity index (χ1) is 15.2. The van der Waals surface area contributed by atoms with Crippen molar-refractivity contribution in [2.75, 3.05) is 0 Å². The monoisotopic (exact) mass is 428 g/mol. The lowest BCUT2D eigenvalue weighted by Gasteiger charge is -2.14. The summed E-state index contributed by atoms with van der Waals surface area (Å²) >= 11 is 0. The van der Waals surface area contributed by atoms with Crippen LogP contribution in [0.3, 0.4) is 0 Å². The van der Waals surface area contributed by atoms with E-state index in [0.717, 1.165) is 39.0 Å². The fourth-order valence-corrected chi connectivity index (χ4v) is 4.07. The van der Waals surface area contributed by atoms with Crippen LogP contribution in [0.1, 0.15) is 52.8 Å². The van der Waals surface area contributed by atoms with Gasteiger partial charge in [-0.3, -0.25) is 14.6 Å². The Morgan fingerprint density at radius 1 is 1.09 bits per heavy atom. The minimum Gasteiger partial charge on any atom is -0.348 e. The molecule has 6 heteroatoms. The summed E-state index contributed by atoms with van der Waals surface area (Å²) in [5, 5.41) is 3.83. The fraction of sp³-hybridized carbons (Fsp3) is 0.269. The van der Waals surface area contributed by atoms with Crippen molar-refractivity contribution in [3.05, 3.63) is 87.2 Å². The second kappa shape index (κ2) is 8.46. The van der Waals surface area contributed by atoms with E-state index in [0.29, 0.717) is 11.1 Å².